The van der Waals surface area contributed by atoms with E-state index in [1.165, 1.54) is 12.3 Å². The fourth-order valence-electron chi connectivity index (χ4n) is 1.69. The van der Waals surface area contributed by atoms with Gasteiger partial charge in [0.1, 0.15) is 10.7 Å². The lowest BCUT2D eigenvalue weighted by atomic mass is 10.4. The van der Waals surface area contributed by atoms with Crippen molar-refractivity contribution in [3.8, 4) is 0 Å². The Bertz CT molecular complexity index is 686. The molecule has 0 amide bonds. The van der Waals surface area contributed by atoms with Gasteiger partial charge >= 0.3 is 0 Å². The van der Waals surface area contributed by atoms with Crippen LogP contribution in [0.15, 0.2) is 44.6 Å². The van der Waals surface area contributed by atoms with Gasteiger partial charge in [-0.15, -0.1) is 0 Å². The number of nitrogens with one attached hydrogen (secondary N) is 2. The summed E-state index contributed by atoms with van der Waals surface area (Å²) in [5, 5.41) is 3.15. The maximum absolute atomic E-state index is 12.3. The number of sulfonamides is 1. The van der Waals surface area contributed by atoms with E-state index in [0.717, 1.165) is 13.0 Å². The Hall–Kier alpha value is -1.38. The first-order valence-electron chi connectivity index (χ1n) is 6.44. The van der Waals surface area contributed by atoms with Crippen LogP contribution < -0.4 is 10.0 Å². The molecule has 0 atom stereocenters. The van der Waals surface area contributed by atoms with Crippen LogP contribution in [0.25, 0.3) is 0 Å². The van der Waals surface area contributed by atoms with Gasteiger partial charge in [-0.1, -0.05) is 6.92 Å². The van der Waals surface area contributed by atoms with Crippen LogP contribution in [-0.2, 0) is 16.6 Å². The van der Waals surface area contributed by atoms with Crippen LogP contribution >= 0.6 is 15.9 Å². The third-order valence-electron chi connectivity index (χ3n) is 2.64. The average Bonchev–Trinajstić information content (AvgIpc) is 2.82. The molecule has 0 saturated carbocycles. The van der Waals surface area contributed by atoms with E-state index in [4.69, 9.17) is 4.42 Å². The molecule has 2 heterocycles. The van der Waals surface area contributed by atoms with E-state index < -0.39 is 10.0 Å². The third kappa shape index (κ3) is 4.29. The smallest absolute Gasteiger partial charge is 0.266 e. The number of pyridine rings is 1. The molecule has 2 aromatic heterocycles. The summed E-state index contributed by atoms with van der Waals surface area (Å²) < 4.78 is 32.7. The first-order chi connectivity index (χ1) is 10.0. The summed E-state index contributed by atoms with van der Waals surface area (Å²) in [6.07, 6.45) is 4.01. The molecule has 114 valence electrons. The molecule has 0 unspecified atom stereocenters. The molecule has 0 saturated heterocycles. The number of anilines is 1. The summed E-state index contributed by atoms with van der Waals surface area (Å²) in [6.45, 7) is 3.38. The van der Waals surface area contributed by atoms with Crippen molar-refractivity contribution in [1.82, 2.24) is 10.3 Å². The fraction of sp³-hybridized carbons (Fsp3) is 0.308. The average molecular weight is 374 g/mol. The number of hydrogen-bond donors (Lipinski definition) is 2. The van der Waals surface area contributed by atoms with Gasteiger partial charge in [0.15, 0.2) is 4.67 Å². The van der Waals surface area contributed by atoms with Crippen molar-refractivity contribution < 1.29 is 12.8 Å². The Morgan fingerprint density at radius 3 is 2.90 bits per heavy atom. The molecule has 2 N–H and O–H groups in total. The number of aromatic nitrogens is 1. The van der Waals surface area contributed by atoms with E-state index in [2.05, 4.69) is 37.9 Å². The molecule has 6 nitrogen and oxygen atoms in total. The molecule has 0 aliphatic carbocycles. The second-order valence-corrected chi connectivity index (χ2v) is 6.75. The van der Waals surface area contributed by atoms with Crippen molar-refractivity contribution in [3.63, 3.8) is 0 Å². The van der Waals surface area contributed by atoms with Gasteiger partial charge in [0.2, 0.25) is 0 Å². The van der Waals surface area contributed by atoms with E-state index in [1.807, 2.05) is 0 Å². The van der Waals surface area contributed by atoms with Gasteiger partial charge in [-0.3, -0.25) is 9.71 Å². The van der Waals surface area contributed by atoms with E-state index >= 15 is 0 Å². The van der Waals surface area contributed by atoms with Gasteiger partial charge in [-0.05, 0) is 41.0 Å². The second-order valence-electron chi connectivity index (χ2n) is 4.37. The maximum Gasteiger partial charge on any atom is 0.266 e. The minimum absolute atomic E-state index is 0.0691. The zero-order chi connectivity index (χ0) is 15.3. The second kappa shape index (κ2) is 7.06. The highest BCUT2D eigenvalue weighted by atomic mass is 79.9. The predicted molar refractivity (Wildman–Crippen MR) is 83.5 cm³/mol. The summed E-state index contributed by atoms with van der Waals surface area (Å²) >= 11 is 3.15. The van der Waals surface area contributed by atoms with Crippen molar-refractivity contribution in [2.24, 2.45) is 0 Å². The van der Waals surface area contributed by atoms with Gasteiger partial charge in [0.25, 0.3) is 10.0 Å². The van der Waals surface area contributed by atoms with Gasteiger partial charge < -0.3 is 9.73 Å². The summed E-state index contributed by atoms with van der Waals surface area (Å²) in [5.41, 5.74) is 0.399. The highest BCUT2D eigenvalue weighted by Gasteiger charge is 2.22. The monoisotopic (exact) mass is 373 g/mol. The molecule has 0 radical (unpaired) electrons. The van der Waals surface area contributed by atoms with Crippen LogP contribution in [0.1, 0.15) is 19.1 Å². The van der Waals surface area contributed by atoms with Gasteiger partial charge in [0, 0.05) is 12.3 Å². The van der Waals surface area contributed by atoms with Crippen molar-refractivity contribution in [2.45, 2.75) is 24.8 Å². The first kappa shape index (κ1) is 16.0. The lowest BCUT2D eigenvalue weighted by Gasteiger charge is -2.05. The molecule has 0 spiro atoms. The largest absolute Gasteiger partial charge is 0.451 e. The Morgan fingerprint density at radius 1 is 1.43 bits per heavy atom. The third-order valence-corrected chi connectivity index (χ3v) is 4.87. The van der Waals surface area contributed by atoms with Crippen molar-refractivity contribution in [3.05, 3.63) is 41.0 Å². The van der Waals surface area contributed by atoms with Crippen LogP contribution in [-0.4, -0.2) is 19.9 Å². The number of nitrogens with zero attached hydrogens (tertiary/aromatic N) is 1. The molecule has 0 bridgehead atoms. The zero-order valence-electron chi connectivity index (χ0n) is 11.5. The highest BCUT2D eigenvalue weighted by molar-refractivity contribution is 9.10. The molecule has 0 aliphatic rings. The van der Waals surface area contributed by atoms with Crippen molar-refractivity contribution in [1.29, 1.82) is 0 Å². The summed E-state index contributed by atoms with van der Waals surface area (Å²) in [4.78, 5) is 3.94. The lowest BCUT2D eigenvalue weighted by molar-refractivity contribution is 0.461. The fourth-order valence-corrected chi connectivity index (χ4v) is 3.73. The normalized spacial score (nSPS) is 11.5. The standard InChI is InChI=1S/C13H16BrN3O3S/c1-2-5-15-9-11-7-12(13(14)20-11)21(18,19)17-10-4-3-6-16-8-10/h3-4,6-8,15,17H,2,5,9H2,1H3. The van der Waals surface area contributed by atoms with Crippen LogP contribution in [0.2, 0.25) is 0 Å². The lowest BCUT2D eigenvalue weighted by Crippen LogP contribution is -2.14. The van der Waals surface area contributed by atoms with Gasteiger partial charge in [-0.2, -0.15) is 0 Å². The minimum Gasteiger partial charge on any atom is -0.451 e. The topological polar surface area (TPSA) is 84.2 Å². The molecule has 0 aromatic carbocycles. The Kier molecular flexibility index (Phi) is 5.38. The van der Waals surface area contributed by atoms with E-state index in [-0.39, 0.29) is 9.56 Å². The first-order valence-corrected chi connectivity index (χ1v) is 8.72. The van der Waals surface area contributed by atoms with E-state index in [0.29, 0.717) is 18.0 Å². The van der Waals surface area contributed by atoms with Crippen LogP contribution in [0.5, 0.6) is 0 Å². The summed E-state index contributed by atoms with van der Waals surface area (Å²) in [5.74, 6) is 0.557. The SMILES string of the molecule is CCCNCc1cc(S(=O)(=O)Nc2cccnc2)c(Br)o1. The highest BCUT2D eigenvalue weighted by Crippen LogP contribution is 2.27. The number of hydrogen-bond acceptors (Lipinski definition) is 5. The Morgan fingerprint density at radius 2 is 2.24 bits per heavy atom. The zero-order valence-corrected chi connectivity index (χ0v) is 13.9. The molecule has 21 heavy (non-hydrogen) atoms. The van der Waals surface area contributed by atoms with Crippen LogP contribution in [0, 0.1) is 0 Å². The number of rotatable bonds is 7. The molecular weight excluding hydrogens is 358 g/mol. The van der Waals surface area contributed by atoms with Gasteiger partial charge in [0.05, 0.1) is 18.4 Å². The van der Waals surface area contributed by atoms with Crippen LogP contribution in [0.4, 0.5) is 5.69 Å². The minimum atomic E-state index is -3.71. The number of furan rings is 1. The molecule has 2 rings (SSSR count). The summed E-state index contributed by atoms with van der Waals surface area (Å²) in [7, 11) is -3.71. The van der Waals surface area contributed by atoms with Crippen molar-refractivity contribution in [2.75, 3.05) is 11.3 Å². The molecule has 2 aromatic rings. The Labute approximate surface area is 132 Å². The predicted octanol–water partition coefficient (Wildman–Crippen LogP) is 2.74. The number of halogens is 1. The van der Waals surface area contributed by atoms with Crippen molar-refractivity contribution >= 4 is 31.6 Å². The molecule has 0 aliphatic heterocycles. The van der Waals surface area contributed by atoms with E-state index in [9.17, 15) is 8.42 Å². The van der Waals surface area contributed by atoms with Gasteiger partial charge in [-0.25, -0.2) is 8.42 Å². The van der Waals surface area contributed by atoms with E-state index in [1.54, 1.807) is 18.3 Å². The summed E-state index contributed by atoms with van der Waals surface area (Å²) in [6, 6.07) is 4.79. The maximum atomic E-state index is 12.3. The molecular formula is C13H16BrN3O3S. The Balaban J connectivity index is 2.16. The molecule has 8 heteroatoms. The van der Waals surface area contributed by atoms with Crippen LogP contribution in [0.3, 0.4) is 0 Å². The molecule has 0 fully saturated rings. The quantitative estimate of drug-likeness (QED) is 0.728.